The summed E-state index contributed by atoms with van der Waals surface area (Å²) in [4.78, 5) is 0. The van der Waals surface area contributed by atoms with Crippen LogP contribution in [0.1, 0.15) is 37.4 Å². The standard InChI is InChI=1S/C18H22FNO/c1-4-7-14-8-5-6-9-17(14)20-13(2)15-10-11-18(21-3)16(19)12-15/h5-6,8-13,20H,4,7H2,1-3H3. The molecule has 1 N–H and O–H groups in total. The molecule has 0 saturated heterocycles. The third kappa shape index (κ3) is 3.75. The Balaban J connectivity index is 2.18. The van der Waals surface area contributed by atoms with Crippen LogP contribution in [0.3, 0.4) is 0 Å². The monoisotopic (exact) mass is 287 g/mol. The highest BCUT2D eigenvalue weighted by Gasteiger charge is 2.11. The lowest BCUT2D eigenvalue weighted by molar-refractivity contribution is 0.386. The number of nitrogens with one attached hydrogen (secondary N) is 1. The zero-order valence-corrected chi connectivity index (χ0v) is 12.8. The molecular formula is C18H22FNO. The van der Waals surface area contributed by atoms with Crippen LogP contribution in [0.4, 0.5) is 10.1 Å². The van der Waals surface area contributed by atoms with E-state index in [1.54, 1.807) is 6.07 Å². The van der Waals surface area contributed by atoms with Crippen molar-refractivity contribution in [2.24, 2.45) is 0 Å². The molecule has 1 unspecified atom stereocenters. The molecule has 0 amide bonds. The highest BCUT2D eigenvalue weighted by Crippen LogP contribution is 2.26. The summed E-state index contributed by atoms with van der Waals surface area (Å²) in [6.45, 7) is 4.20. The van der Waals surface area contributed by atoms with Crippen molar-refractivity contribution in [3.63, 3.8) is 0 Å². The Morgan fingerprint density at radius 3 is 2.62 bits per heavy atom. The highest BCUT2D eigenvalue weighted by molar-refractivity contribution is 5.52. The van der Waals surface area contributed by atoms with Crippen LogP contribution in [0, 0.1) is 5.82 Å². The van der Waals surface area contributed by atoms with E-state index in [4.69, 9.17) is 4.74 Å². The third-order valence-electron chi connectivity index (χ3n) is 3.58. The van der Waals surface area contributed by atoms with Gasteiger partial charge in [-0.1, -0.05) is 37.6 Å². The first-order valence-corrected chi connectivity index (χ1v) is 7.33. The molecule has 2 nitrogen and oxygen atoms in total. The van der Waals surface area contributed by atoms with E-state index in [1.807, 2.05) is 25.1 Å². The van der Waals surface area contributed by atoms with Gasteiger partial charge in [-0.2, -0.15) is 0 Å². The van der Waals surface area contributed by atoms with Gasteiger partial charge in [-0.15, -0.1) is 0 Å². The van der Waals surface area contributed by atoms with Gasteiger partial charge in [-0.25, -0.2) is 4.39 Å². The Kier molecular flexibility index (Phi) is 5.20. The Bertz CT molecular complexity index is 598. The summed E-state index contributed by atoms with van der Waals surface area (Å²) in [5.74, 6) is -0.0529. The van der Waals surface area contributed by atoms with Crippen molar-refractivity contribution in [3.8, 4) is 5.75 Å². The van der Waals surface area contributed by atoms with Gasteiger partial charge in [-0.05, 0) is 42.7 Å². The molecule has 0 aromatic heterocycles. The van der Waals surface area contributed by atoms with Crippen LogP contribution in [0.5, 0.6) is 5.75 Å². The minimum absolute atomic E-state index is 0.0309. The molecule has 0 aliphatic heterocycles. The first-order valence-electron chi connectivity index (χ1n) is 7.33. The van der Waals surface area contributed by atoms with E-state index < -0.39 is 0 Å². The van der Waals surface area contributed by atoms with Crippen LogP contribution in [0.25, 0.3) is 0 Å². The van der Waals surface area contributed by atoms with Crippen molar-refractivity contribution in [1.29, 1.82) is 0 Å². The van der Waals surface area contributed by atoms with Crippen LogP contribution < -0.4 is 10.1 Å². The van der Waals surface area contributed by atoms with E-state index in [-0.39, 0.29) is 17.6 Å². The molecule has 1 atom stereocenters. The van der Waals surface area contributed by atoms with Gasteiger partial charge < -0.3 is 10.1 Å². The first-order chi connectivity index (χ1) is 10.2. The van der Waals surface area contributed by atoms with Gasteiger partial charge in [0.15, 0.2) is 11.6 Å². The van der Waals surface area contributed by atoms with Gasteiger partial charge >= 0.3 is 0 Å². The van der Waals surface area contributed by atoms with Crippen molar-refractivity contribution in [1.82, 2.24) is 0 Å². The number of benzene rings is 2. The van der Waals surface area contributed by atoms with E-state index in [0.29, 0.717) is 0 Å². The molecule has 0 bridgehead atoms. The maximum atomic E-state index is 13.8. The Hall–Kier alpha value is -2.03. The molecule has 0 saturated carbocycles. The molecule has 3 heteroatoms. The second-order valence-electron chi connectivity index (χ2n) is 5.17. The fraction of sp³-hybridized carbons (Fsp3) is 0.333. The van der Waals surface area contributed by atoms with E-state index in [9.17, 15) is 4.39 Å². The summed E-state index contributed by atoms with van der Waals surface area (Å²) in [6, 6.07) is 13.4. The summed E-state index contributed by atoms with van der Waals surface area (Å²) in [7, 11) is 1.47. The fourth-order valence-electron chi connectivity index (χ4n) is 2.42. The molecule has 0 fully saturated rings. The van der Waals surface area contributed by atoms with Crippen molar-refractivity contribution in [2.45, 2.75) is 32.7 Å². The number of methoxy groups -OCH3 is 1. The first kappa shape index (κ1) is 15.4. The van der Waals surface area contributed by atoms with Crippen LogP contribution in [-0.2, 0) is 6.42 Å². The smallest absolute Gasteiger partial charge is 0.165 e. The minimum atomic E-state index is -0.328. The predicted octanol–water partition coefficient (Wildman–Crippen LogP) is 4.96. The lowest BCUT2D eigenvalue weighted by Gasteiger charge is -2.19. The lowest BCUT2D eigenvalue weighted by Crippen LogP contribution is -2.09. The average molecular weight is 287 g/mol. The second-order valence-corrected chi connectivity index (χ2v) is 5.17. The number of halogens is 1. The summed E-state index contributed by atoms with van der Waals surface area (Å²) in [6.07, 6.45) is 2.14. The van der Waals surface area contributed by atoms with Gasteiger partial charge in [0, 0.05) is 11.7 Å². The van der Waals surface area contributed by atoms with Crippen molar-refractivity contribution in [2.75, 3.05) is 12.4 Å². The van der Waals surface area contributed by atoms with E-state index in [0.717, 1.165) is 24.1 Å². The maximum absolute atomic E-state index is 13.8. The lowest BCUT2D eigenvalue weighted by atomic mass is 10.0. The van der Waals surface area contributed by atoms with Gasteiger partial charge in [0.05, 0.1) is 7.11 Å². The highest BCUT2D eigenvalue weighted by atomic mass is 19.1. The van der Waals surface area contributed by atoms with Crippen molar-refractivity contribution < 1.29 is 9.13 Å². The molecular weight excluding hydrogens is 265 g/mol. The SMILES string of the molecule is CCCc1ccccc1NC(C)c1ccc(OC)c(F)c1. The Morgan fingerprint density at radius 2 is 1.95 bits per heavy atom. The summed E-state index contributed by atoms with van der Waals surface area (Å²) >= 11 is 0. The zero-order chi connectivity index (χ0) is 15.2. The third-order valence-corrected chi connectivity index (χ3v) is 3.58. The second kappa shape index (κ2) is 7.11. The molecule has 0 heterocycles. The number of rotatable bonds is 6. The minimum Gasteiger partial charge on any atom is -0.494 e. The molecule has 2 aromatic rings. The number of hydrogen-bond donors (Lipinski definition) is 1. The maximum Gasteiger partial charge on any atom is 0.165 e. The molecule has 0 aliphatic carbocycles. The molecule has 0 radical (unpaired) electrons. The Labute approximate surface area is 126 Å². The number of ether oxygens (including phenoxy) is 1. The summed E-state index contributed by atoms with van der Waals surface area (Å²) in [5.41, 5.74) is 3.31. The van der Waals surface area contributed by atoms with Gasteiger partial charge in [0.25, 0.3) is 0 Å². The average Bonchev–Trinajstić information content (AvgIpc) is 2.49. The number of anilines is 1. The number of aryl methyl sites for hydroxylation is 1. The van der Waals surface area contributed by atoms with E-state index >= 15 is 0 Å². The van der Waals surface area contributed by atoms with Gasteiger partial charge in [-0.3, -0.25) is 0 Å². The molecule has 112 valence electrons. The van der Waals surface area contributed by atoms with Crippen LogP contribution in [0.2, 0.25) is 0 Å². The topological polar surface area (TPSA) is 21.3 Å². The largest absolute Gasteiger partial charge is 0.494 e. The molecule has 0 spiro atoms. The van der Waals surface area contributed by atoms with Gasteiger partial charge in [0.2, 0.25) is 0 Å². The van der Waals surface area contributed by atoms with Crippen LogP contribution in [0.15, 0.2) is 42.5 Å². The van der Waals surface area contributed by atoms with E-state index in [1.165, 1.54) is 18.7 Å². The Morgan fingerprint density at radius 1 is 1.19 bits per heavy atom. The zero-order valence-electron chi connectivity index (χ0n) is 12.8. The fourth-order valence-corrected chi connectivity index (χ4v) is 2.42. The number of para-hydroxylation sites is 1. The van der Waals surface area contributed by atoms with Crippen molar-refractivity contribution >= 4 is 5.69 Å². The molecule has 21 heavy (non-hydrogen) atoms. The van der Waals surface area contributed by atoms with Crippen LogP contribution in [-0.4, -0.2) is 7.11 Å². The van der Waals surface area contributed by atoms with Crippen molar-refractivity contribution in [3.05, 3.63) is 59.4 Å². The summed E-state index contributed by atoms with van der Waals surface area (Å²) < 4.78 is 18.8. The van der Waals surface area contributed by atoms with Crippen LogP contribution >= 0.6 is 0 Å². The molecule has 2 aromatic carbocycles. The normalized spacial score (nSPS) is 12.0. The van der Waals surface area contributed by atoms with E-state index in [2.05, 4.69) is 24.4 Å². The van der Waals surface area contributed by atoms with Gasteiger partial charge in [0.1, 0.15) is 0 Å². The molecule has 2 rings (SSSR count). The number of hydrogen-bond acceptors (Lipinski definition) is 2. The molecule has 0 aliphatic rings. The predicted molar refractivity (Wildman–Crippen MR) is 85.4 cm³/mol. The quantitative estimate of drug-likeness (QED) is 0.810. The summed E-state index contributed by atoms with van der Waals surface area (Å²) in [5, 5.41) is 3.47.